The molecule has 0 amide bonds. The predicted molar refractivity (Wildman–Crippen MR) is 188 cm³/mol. The molecule has 0 bridgehead atoms. The van der Waals surface area contributed by atoms with E-state index in [2.05, 4.69) is 4.98 Å². The lowest BCUT2D eigenvalue weighted by Crippen LogP contribution is -2.34. The normalized spacial score (nSPS) is 18.0. The lowest BCUT2D eigenvalue weighted by molar-refractivity contribution is -0.159. The van der Waals surface area contributed by atoms with Crippen LogP contribution in [0.5, 0.6) is 23.0 Å². The zero-order valence-electron chi connectivity index (χ0n) is 28.4. The molecule has 0 aliphatic carbocycles. The van der Waals surface area contributed by atoms with E-state index >= 15 is 0 Å². The van der Waals surface area contributed by atoms with Crippen molar-refractivity contribution >= 4 is 11.9 Å². The summed E-state index contributed by atoms with van der Waals surface area (Å²) in [6.45, 7) is 4.77. The molecule has 51 heavy (non-hydrogen) atoms. The molecule has 5 atom stereocenters. The van der Waals surface area contributed by atoms with Gasteiger partial charge in [-0.3, -0.25) is 23.9 Å². The number of carbonyl (C=O) groups is 2. The number of carbonyl (C=O) groups excluding carboxylic acids is 2. The van der Waals surface area contributed by atoms with Gasteiger partial charge in [0.25, 0.3) is 5.56 Å². The second kappa shape index (κ2) is 15.7. The topological polar surface area (TPSA) is 135 Å². The number of rotatable bonds is 12. The number of esters is 2. The zero-order chi connectivity index (χ0) is 35.9. The van der Waals surface area contributed by atoms with Crippen LogP contribution in [0.3, 0.4) is 0 Å². The van der Waals surface area contributed by atoms with E-state index in [4.69, 9.17) is 23.7 Å². The first-order valence-electron chi connectivity index (χ1n) is 16.6. The highest BCUT2D eigenvalue weighted by Crippen LogP contribution is 2.33. The van der Waals surface area contributed by atoms with Crippen molar-refractivity contribution in [3.8, 4) is 23.0 Å². The van der Waals surface area contributed by atoms with E-state index in [9.17, 15) is 19.2 Å². The maximum Gasteiger partial charge on any atom is 0.330 e. The quantitative estimate of drug-likeness (QED) is 0.141. The third-order valence-corrected chi connectivity index (χ3v) is 8.68. The molecule has 0 spiro atoms. The number of hydrogen-bond donors (Lipinski definition) is 1. The van der Waals surface area contributed by atoms with Crippen LogP contribution in [0.2, 0.25) is 0 Å². The average molecular weight is 691 g/mol. The minimum Gasteiger partial charge on any atom is -0.462 e. The Hall–Kier alpha value is -5.94. The SMILES string of the molecule is Cc1cn([C@H]2C[C@H](OC(=O)C(C)c3cccc(Oc4ccccc4)c3)[C@@H](COC(=O)C(C)c3cccc(Oc4ccccc4)c3)O2)c(=O)[nH]c1=O. The van der Waals surface area contributed by atoms with Crippen LogP contribution in [-0.4, -0.2) is 40.3 Å². The first-order valence-corrected chi connectivity index (χ1v) is 16.6. The fourth-order valence-electron chi connectivity index (χ4n) is 5.70. The number of aromatic nitrogens is 2. The van der Waals surface area contributed by atoms with E-state index in [1.807, 2.05) is 66.7 Å². The van der Waals surface area contributed by atoms with Gasteiger partial charge in [-0.1, -0.05) is 60.7 Å². The van der Waals surface area contributed by atoms with Crippen molar-refractivity contribution in [3.63, 3.8) is 0 Å². The number of ether oxygens (including phenoxy) is 5. The molecular weight excluding hydrogens is 652 g/mol. The Bertz CT molecular complexity index is 2090. The van der Waals surface area contributed by atoms with Gasteiger partial charge in [0.2, 0.25) is 0 Å². The van der Waals surface area contributed by atoms with E-state index in [1.54, 1.807) is 63.2 Å². The first-order chi connectivity index (χ1) is 24.6. The number of aryl methyl sites for hydroxylation is 1. The third-order valence-electron chi connectivity index (χ3n) is 8.68. The smallest absolute Gasteiger partial charge is 0.330 e. The van der Waals surface area contributed by atoms with E-state index in [1.165, 1.54) is 10.8 Å². The molecule has 262 valence electrons. The number of H-pyrrole nitrogens is 1. The van der Waals surface area contributed by atoms with E-state index in [0.29, 0.717) is 39.7 Å². The zero-order valence-corrected chi connectivity index (χ0v) is 28.4. The molecule has 11 heteroatoms. The summed E-state index contributed by atoms with van der Waals surface area (Å²) < 4.78 is 31.0. The summed E-state index contributed by atoms with van der Waals surface area (Å²) in [5.74, 6) is 0.0549. The Morgan fingerprint density at radius 1 is 0.765 bits per heavy atom. The highest BCUT2D eigenvalue weighted by atomic mass is 16.6. The fraction of sp³-hybridized carbons (Fsp3) is 0.250. The molecule has 4 aromatic carbocycles. The Morgan fingerprint density at radius 2 is 1.29 bits per heavy atom. The summed E-state index contributed by atoms with van der Waals surface area (Å²) in [7, 11) is 0. The van der Waals surface area contributed by atoms with E-state index in [0.717, 1.165) is 0 Å². The summed E-state index contributed by atoms with van der Waals surface area (Å²) in [6, 6.07) is 33.0. The fourth-order valence-corrected chi connectivity index (χ4v) is 5.70. The monoisotopic (exact) mass is 690 g/mol. The molecule has 2 heterocycles. The summed E-state index contributed by atoms with van der Waals surface area (Å²) >= 11 is 0. The van der Waals surface area contributed by atoms with Crippen LogP contribution < -0.4 is 20.7 Å². The highest BCUT2D eigenvalue weighted by molar-refractivity contribution is 5.78. The van der Waals surface area contributed by atoms with Crippen LogP contribution in [0.15, 0.2) is 125 Å². The van der Waals surface area contributed by atoms with Gasteiger partial charge in [0.15, 0.2) is 0 Å². The number of nitrogens with zero attached hydrogens (tertiary/aromatic N) is 1. The minimum absolute atomic E-state index is 0.0810. The lowest BCUT2D eigenvalue weighted by Gasteiger charge is -2.22. The van der Waals surface area contributed by atoms with Gasteiger partial charge in [0, 0.05) is 18.2 Å². The third kappa shape index (κ3) is 8.63. The van der Waals surface area contributed by atoms with Gasteiger partial charge in [-0.05, 0) is 80.4 Å². The Morgan fingerprint density at radius 3 is 1.86 bits per heavy atom. The number of hydrogen-bond acceptors (Lipinski definition) is 9. The molecule has 5 aromatic rings. The van der Waals surface area contributed by atoms with Crippen molar-refractivity contribution in [1.82, 2.24) is 9.55 Å². The van der Waals surface area contributed by atoms with Gasteiger partial charge >= 0.3 is 17.6 Å². The molecule has 1 fully saturated rings. The molecule has 1 aromatic heterocycles. The largest absolute Gasteiger partial charge is 0.462 e. The van der Waals surface area contributed by atoms with Gasteiger partial charge in [-0.15, -0.1) is 0 Å². The van der Waals surface area contributed by atoms with Crippen LogP contribution in [0.25, 0.3) is 0 Å². The number of aromatic amines is 1. The van der Waals surface area contributed by atoms with Crippen molar-refractivity contribution in [2.24, 2.45) is 0 Å². The van der Waals surface area contributed by atoms with Crippen molar-refractivity contribution in [1.29, 1.82) is 0 Å². The van der Waals surface area contributed by atoms with Crippen LogP contribution in [-0.2, 0) is 23.8 Å². The second-order valence-electron chi connectivity index (χ2n) is 12.4. The number of nitrogens with one attached hydrogen (secondary N) is 1. The van der Waals surface area contributed by atoms with Crippen LogP contribution in [0.1, 0.15) is 55.0 Å². The summed E-state index contributed by atoms with van der Waals surface area (Å²) in [5.41, 5.74) is 0.478. The van der Waals surface area contributed by atoms with Gasteiger partial charge in [0.05, 0.1) is 11.8 Å². The van der Waals surface area contributed by atoms with Gasteiger partial charge in [0.1, 0.15) is 48.0 Å². The van der Waals surface area contributed by atoms with E-state index < -0.39 is 53.5 Å². The van der Waals surface area contributed by atoms with Gasteiger partial charge in [-0.25, -0.2) is 4.79 Å². The summed E-state index contributed by atoms with van der Waals surface area (Å²) in [4.78, 5) is 53.9. The molecule has 6 rings (SSSR count). The Balaban J connectivity index is 1.15. The number of para-hydroxylation sites is 2. The summed E-state index contributed by atoms with van der Waals surface area (Å²) in [6.07, 6.45) is -1.19. The first kappa shape index (κ1) is 34.9. The molecule has 2 unspecified atom stereocenters. The van der Waals surface area contributed by atoms with Crippen LogP contribution in [0.4, 0.5) is 0 Å². The van der Waals surface area contributed by atoms with Crippen molar-refractivity contribution < 1.29 is 33.3 Å². The highest BCUT2D eigenvalue weighted by Gasteiger charge is 2.41. The molecule has 0 saturated carbocycles. The summed E-state index contributed by atoms with van der Waals surface area (Å²) in [5, 5.41) is 0. The molecule has 0 radical (unpaired) electrons. The molecule has 1 aliphatic heterocycles. The molecular formula is C40H38N2O9. The van der Waals surface area contributed by atoms with Crippen LogP contribution in [0, 0.1) is 6.92 Å². The van der Waals surface area contributed by atoms with Gasteiger partial charge in [-0.2, -0.15) is 0 Å². The second-order valence-corrected chi connectivity index (χ2v) is 12.4. The predicted octanol–water partition coefficient (Wildman–Crippen LogP) is 6.78. The molecule has 1 N–H and O–H groups in total. The average Bonchev–Trinajstić information content (AvgIpc) is 3.54. The van der Waals surface area contributed by atoms with Gasteiger partial charge < -0.3 is 23.7 Å². The van der Waals surface area contributed by atoms with Crippen molar-refractivity contribution in [3.05, 3.63) is 153 Å². The Kier molecular flexibility index (Phi) is 10.8. The minimum atomic E-state index is -0.901. The van der Waals surface area contributed by atoms with Crippen LogP contribution >= 0.6 is 0 Å². The lowest BCUT2D eigenvalue weighted by atomic mass is 10.0. The number of benzene rings is 4. The molecule has 1 aliphatic rings. The molecule has 1 saturated heterocycles. The van der Waals surface area contributed by atoms with E-state index in [-0.39, 0.29) is 13.0 Å². The Labute approximate surface area is 294 Å². The maximum absolute atomic E-state index is 13.6. The maximum atomic E-state index is 13.6. The standard InChI is InChI=1S/C40H38N2O9/c1-25-23-42(40(46)41-37(25)43)36-22-34(51-39(45)27(3)29-13-11-19-33(21-29)49-31-16-8-5-9-17-31)35(50-36)24-47-38(44)26(2)28-12-10-18-32(20-28)48-30-14-6-4-7-15-30/h4-21,23,26-27,34-36H,22,24H2,1-3H3,(H,41,43,46)/t26?,27?,34-,35+,36+/m0/s1. The van der Waals surface area contributed by atoms with Crippen molar-refractivity contribution in [2.45, 2.75) is 57.5 Å². The van der Waals surface area contributed by atoms with Crippen molar-refractivity contribution in [2.75, 3.05) is 6.61 Å². The molecule has 11 nitrogen and oxygen atoms in total.